The maximum absolute atomic E-state index is 12.2. The number of carbonyl (C=O) groups is 2. The number of aromatic nitrogens is 1. The minimum Gasteiger partial charge on any atom is -0.345 e. The van der Waals surface area contributed by atoms with Crippen LogP contribution in [0.3, 0.4) is 0 Å². The lowest BCUT2D eigenvalue weighted by Crippen LogP contribution is -2.58. The number of piperazine rings is 1. The second-order valence-electron chi connectivity index (χ2n) is 4.91. The Balaban J connectivity index is 1.82. The van der Waals surface area contributed by atoms with Gasteiger partial charge in [-0.05, 0) is 5.56 Å². The fourth-order valence-electron chi connectivity index (χ4n) is 2.42. The molecule has 2 heterocycles. The molecule has 2 amide bonds. The molecule has 1 aromatic heterocycles. The highest BCUT2D eigenvalue weighted by atomic mass is 32.1. The Bertz CT molecular complexity index is 628. The lowest BCUT2D eigenvalue weighted by Gasteiger charge is -2.34. The largest absolute Gasteiger partial charge is 0.345 e. The Morgan fingerprint density at radius 2 is 2.10 bits per heavy atom. The SMILES string of the molecule is O=C1NCC(=O)N(Cc2cncs2)C1Cc1ccccc1. The highest BCUT2D eigenvalue weighted by Crippen LogP contribution is 2.18. The summed E-state index contributed by atoms with van der Waals surface area (Å²) < 4.78 is 0. The van der Waals surface area contributed by atoms with E-state index >= 15 is 0 Å². The zero-order valence-corrected chi connectivity index (χ0v) is 12.2. The van der Waals surface area contributed by atoms with Gasteiger partial charge in [0.1, 0.15) is 6.04 Å². The predicted molar refractivity (Wildman–Crippen MR) is 79.6 cm³/mol. The summed E-state index contributed by atoms with van der Waals surface area (Å²) in [5, 5.41) is 2.67. The fourth-order valence-corrected chi connectivity index (χ4v) is 3.02. The maximum atomic E-state index is 12.2. The van der Waals surface area contributed by atoms with Gasteiger partial charge in [0.2, 0.25) is 11.8 Å². The second-order valence-corrected chi connectivity index (χ2v) is 5.88. The molecule has 21 heavy (non-hydrogen) atoms. The van der Waals surface area contributed by atoms with Crippen LogP contribution in [-0.2, 0) is 22.6 Å². The van der Waals surface area contributed by atoms with Crippen molar-refractivity contribution in [1.29, 1.82) is 0 Å². The van der Waals surface area contributed by atoms with Crippen LogP contribution in [0.2, 0.25) is 0 Å². The van der Waals surface area contributed by atoms with Gasteiger partial charge >= 0.3 is 0 Å². The van der Waals surface area contributed by atoms with Crippen LogP contribution in [0.25, 0.3) is 0 Å². The molecule has 0 spiro atoms. The number of nitrogens with one attached hydrogen (secondary N) is 1. The van der Waals surface area contributed by atoms with Crippen LogP contribution in [0.1, 0.15) is 10.4 Å². The molecule has 1 atom stereocenters. The summed E-state index contributed by atoms with van der Waals surface area (Å²) in [7, 11) is 0. The van der Waals surface area contributed by atoms with Crippen LogP contribution in [0, 0.1) is 0 Å². The van der Waals surface area contributed by atoms with Crippen molar-refractivity contribution in [2.24, 2.45) is 0 Å². The first-order valence-corrected chi connectivity index (χ1v) is 7.60. The molecule has 0 bridgehead atoms. The third-order valence-electron chi connectivity index (χ3n) is 3.49. The molecular weight excluding hydrogens is 286 g/mol. The Morgan fingerprint density at radius 3 is 2.81 bits per heavy atom. The molecule has 1 fully saturated rings. The summed E-state index contributed by atoms with van der Waals surface area (Å²) in [6, 6.07) is 9.28. The van der Waals surface area contributed by atoms with Crippen molar-refractivity contribution in [2.45, 2.75) is 19.0 Å². The first-order chi connectivity index (χ1) is 10.2. The van der Waals surface area contributed by atoms with Gasteiger partial charge < -0.3 is 10.2 Å². The van der Waals surface area contributed by atoms with E-state index in [2.05, 4.69) is 10.3 Å². The molecule has 0 aliphatic carbocycles. The molecule has 1 unspecified atom stereocenters. The third kappa shape index (κ3) is 3.11. The average Bonchev–Trinajstić information content (AvgIpc) is 3.01. The number of rotatable bonds is 4. The van der Waals surface area contributed by atoms with Gasteiger partial charge in [0, 0.05) is 17.5 Å². The summed E-state index contributed by atoms with van der Waals surface area (Å²) in [5.74, 6) is -0.146. The van der Waals surface area contributed by atoms with Crippen LogP contribution >= 0.6 is 11.3 Å². The molecular formula is C15H15N3O2S. The van der Waals surface area contributed by atoms with Crippen molar-refractivity contribution in [3.63, 3.8) is 0 Å². The molecule has 0 radical (unpaired) electrons. The zero-order chi connectivity index (χ0) is 14.7. The highest BCUT2D eigenvalue weighted by Gasteiger charge is 2.34. The first kappa shape index (κ1) is 13.8. The van der Waals surface area contributed by atoms with Gasteiger partial charge in [0.25, 0.3) is 0 Å². The van der Waals surface area contributed by atoms with Gasteiger partial charge in [-0.2, -0.15) is 0 Å². The van der Waals surface area contributed by atoms with Crippen LogP contribution in [-0.4, -0.2) is 34.3 Å². The van der Waals surface area contributed by atoms with E-state index in [1.807, 2.05) is 30.3 Å². The molecule has 1 saturated heterocycles. The molecule has 3 rings (SSSR count). The van der Waals surface area contributed by atoms with Crippen molar-refractivity contribution >= 4 is 23.2 Å². The summed E-state index contributed by atoms with van der Waals surface area (Å²) >= 11 is 1.49. The lowest BCUT2D eigenvalue weighted by atomic mass is 10.0. The predicted octanol–water partition coefficient (Wildman–Crippen LogP) is 1.21. The Hall–Kier alpha value is -2.21. The molecule has 5 nitrogen and oxygen atoms in total. The molecule has 2 aromatic rings. The number of benzene rings is 1. The second kappa shape index (κ2) is 6.05. The van der Waals surface area contributed by atoms with Crippen LogP contribution in [0.15, 0.2) is 42.0 Å². The molecule has 108 valence electrons. The van der Waals surface area contributed by atoms with E-state index < -0.39 is 6.04 Å². The molecule has 0 saturated carbocycles. The number of hydrogen-bond acceptors (Lipinski definition) is 4. The van der Waals surface area contributed by atoms with Gasteiger partial charge in [0.05, 0.1) is 18.6 Å². The van der Waals surface area contributed by atoms with Crippen molar-refractivity contribution in [3.05, 3.63) is 52.5 Å². The fraction of sp³-hybridized carbons (Fsp3) is 0.267. The Labute approximate surface area is 126 Å². The molecule has 1 N–H and O–H groups in total. The summed E-state index contributed by atoms with van der Waals surface area (Å²) in [6.45, 7) is 0.511. The van der Waals surface area contributed by atoms with Crippen molar-refractivity contribution in [2.75, 3.05) is 6.54 Å². The van der Waals surface area contributed by atoms with Gasteiger partial charge in [-0.25, -0.2) is 0 Å². The molecule has 1 aromatic carbocycles. The lowest BCUT2D eigenvalue weighted by molar-refractivity contribution is -0.146. The van der Waals surface area contributed by atoms with Crippen molar-refractivity contribution < 1.29 is 9.59 Å². The van der Waals surface area contributed by atoms with Crippen LogP contribution in [0.4, 0.5) is 0 Å². The van der Waals surface area contributed by atoms with E-state index in [9.17, 15) is 9.59 Å². The van der Waals surface area contributed by atoms with Gasteiger partial charge in [-0.1, -0.05) is 30.3 Å². The smallest absolute Gasteiger partial charge is 0.243 e. The first-order valence-electron chi connectivity index (χ1n) is 6.72. The van der Waals surface area contributed by atoms with Crippen LogP contribution < -0.4 is 5.32 Å². The Morgan fingerprint density at radius 1 is 1.29 bits per heavy atom. The van der Waals surface area contributed by atoms with E-state index in [1.165, 1.54) is 11.3 Å². The standard InChI is InChI=1S/C15H15N3O2S/c19-14-8-17-15(20)13(6-11-4-2-1-3-5-11)18(14)9-12-7-16-10-21-12/h1-5,7,10,13H,6,8-9H2,(H,17,20). The van der Waals surface area contributed by atoms with Crippen molar-refractivity contribution in [1.82, 2.24) is 15.2 Å². The minimum atomic E-state index is -0.462. The zero-order valence-electron chi connectivity index (χ0n) is 11.4. The summed E-state index contributed by atoms with van der Waals surface area (Å²) in [4.78, 5) is 31.0. The van der Waals surface area contributed by atoms with E-state index in [4.69, 9.17) is 0 Å². The Kier molecular flexibility index (Phi) is 3.96. The summed E-state index contributed by atoms with van der Waals surface area (Å²) in [6.07, 6.45) is 2.27. The quantitative estimate of drug-likeness (QED) is 0.923. The highest BCUT2D eigenvalue weighted by molar-refractivity contribution is 7.09. The molecule has 1 aliphatic rings. The van der Waals surface area contributed by atoms with Gasteiger partial charge in [0.15, 0.2) is 0 Å². The number of hydrogen-bond donors (Lipinski definition) is 1. The van der Waals surface area contributed by atoms with Gasteiger partial charge in [-0.3, -0.25) is 14.6 Å². The van der Waals surface area contributed by atoms with Crippen molar-refractivity contribution in [3.8, 4) is 0 Å². The number of amides is 2. The van der Waals surface area contributed by atoms with E-state index in [1.54, 1.807) is 16.6 Å². The minimum absolute atomic E-state index is 0.0519. The topological polar surface area (TPSA) is 62.3 Å². The number of thiazole rings is 1. The number of nitrogens with zero attached hydrogens (tertiary/aromatic N) is 2. The molecule has 6 heteroatoms. The normalized spacial score (nSPS) is 18.7. The maximum Gasteiger partial charge on any atom is 0.243 e. The van der Waals surface area contributed by atoms with Gasteiger partial charge in [-0.15, -0.1) is 11.3 Å². The van der Waals surface area contributed by atoms with E-state index in [0.29, 0.717) is 13.0 Å². The van der Waals surface area contributed by atoms with E-state index in [0.717, 1.165) is 10.4 Å². The van der Waals surface area contributed by atoms with E-state index in [-0.39, 0.29) is 18.4 Å². The average molecular weight is 301 g/mol. The molecule has 1 aliphatic heterocycles. The third-order valence-corrected chi connectivity index (χ3v) is 4.26. The number of carbonyl (C=O) groups excluding carboxylic acids is 2. The summed E-state index contributed by atoms with van der Waals surface area (Å²) in [5.41, 5.74) is 2.78. The van der Waals surface area contributed by atoms with Crippen LogP contribution in [0.5, 0.6) is 0 Å². The monoisotopic (exact) mass is 301 g/mol.